The van der Waals surface area contributed by atoms with E-state index >= 15 is 0 Å². The first-order chi connectivity index (χ1) is 12.6. The van der Waals surface area contributed by atoms with E-state index in [1.807, 2.05) is 42.5 Å². The van der Waals surface area contributed by atoms with E-state index in [2.05, 4.69) is 34.6 Å². The molecule has 0 bridgehead atoms. The summed E-state index contributed by atoms with van der Waals surface area (Å²) in [6.45, 7) is 2.17. The maximum absolute atomic E-state index is 12.2. The predicted octanol–water partition coefficient (Wildman–Crippen LogP) is 4.07. The van der Waals surface area contributed by atoms with Gasteiger partial charge in [-0.05, 0) is 29.2 Å². The molecule has 1 unspecified atom stereocenters. The van der Waals surface area contributed by atoms with Gasteiger partial charge in [0.05, 0.1) is 13.5 Å². The van der Waals surface area contributed by atoms with Crippen LogP contribution >= 0.6 is 11.3 Å². The van der Waals surface area contributed by atoms with E-state index in [-0.39, 0.29) is 5.91 Å². The van der Waals surface area contributed by atoms with Gasteiger partial charge in [-0.2, -0.15) is 0 Å². The number of ether oxygens (including phenoxy) is 1. The van der Waals surface area contributed by atoms with E-state index in [0.29, 0.717) is 17.5 Å². The number of hydrogen-bond acceptors (Lipinski definition) is 5. The molecular weight excluding hydrogens is 346 g/mol. The maximum atomic E-state index is 12.2. The Morgan fingerprint density at radius 3 is 2.54 bits per heavy atom. The van der Waals surface area contributed by atoms with Crippen molar-refractivity contribution in [2.45, 2.75) is 25.7 Å². The van der Waals surface area contributed by atoms with Gasteiger partial charge in [0.25, 0.3) is 0 Å². The Hall–Kier alpha value is -2.73. The number of nitrogens with zero attached hydrogens (tertiary/aromatic N) is 2. The van der Waals surface area contributed by atoms with Gasteiger partial charge in [0.2, 0.25) is 11.0 Å². The van der Waals surface area contributed by atoms with E-state index in [0.717, 1.165) is 22.7 Å². The highest BCUT2D eigenvalue weighted by atomic mass is 32.1. The Kier molecular flexibility index (Phi) is 5.96. The Balaban J connectivity index is 1.54. The maximum Gasteiger partial charge on any atom is 0.230 e. The van der Waals surface area contributed by atoms with E-state index in [9.17, 15) is 4.79 Å². The van der Waals surface area contributed by atoms with Crippen LogP contribution in [0.25, 0.3) is 0 Å². The van der Waals surface area contributed by atoms with Crippen molar-refractivity contribution >= 4 is 22.4 Å². The first kappa shape index (κ1) is 18.1. The number of nitrogens with one attached hydrogen (secondary N) is 1. The minimum atomic E-state index is -0.103. The van der Waals surface area contributed by atoms with Crippen molar-refractivity contribution in [3.8, 4) is 5.75 Å². The van der Waals surface area contributed by atoms with E-state index < -0.39 is 0 Å². The van der Waals surface area contributed by atoms with Crippen LogP contribution in [-0.2, 0) is 17.6 Å². The lowest BCUT2D eigenvalue weighted by molar-refractivity contribution is -0.115. The van der Waals surface area contributed by atoms with Crippen molar-refractivity contribution < 1.29 is 9.53 Å². The van der Waals surface area contributed by atoms with Crippen LogP contribution < -0.4 is 10.1 Å². The van der Waals surface area contributed by atoms with Gasteiger partial charge in [-0.3, -0.25) is 4.79 Å². The number of carbonyl (C=O) groups excluding carboxylic acids is 1. The Morgan fingerprint density at radius 1 is 1.12 bits per heavy atom. The number of aromatic nitrogens is 2. The summed E-state index contributed by atoms with van der Waals surface area (Å²) in [5.74, 6) is 1.02. The zero-order valence-corrected chi connectivity index (χ0v) is 15.6. The molecule has 0 aliphatic carbocycles. The molecule has 0 saturated heterocycles. The highest BCUT2D eigenvalue weighted by Gasteiger charge is 2.12. The molecule has 1 atom stereocenters. The number of hydrogen-bond donors (Lipinski definition) is 1. The fraction of sp³-hybridized carbons (Fsp3) is 0.250. The molecule has 0 radical (unpaired) electrons. The van der Waals surface area contributed by atoms with Gasteiger partial charge in [0, 0.05) is 6.42 Å². The average molecular weight is 367 g/mol. The number of carbonyl (C=O) groups is 1. The molecule has 3 rings (SSSR count). The molecule has 0 saturated carbocycles. The number of rotatable bonds is 7. The molecule has 1 aromatic heterocycles. The third-order valence-electron chi connectivity index (χ3n) is 4.09. The van der Waals surface area contributed by atoms with Gasteiger partial charge in [-0.25, -0.2) is 0 Å². The second kappa shape index (κ2) is 8.58. The third kappa shape index (κ3) is 4.89. The normalized spacial score (nSPS) is 11.8. The molecule has 2 aromatic carbocycles. The first-order valence-corrected chi connectivity index (χ1v) is 9.26. The molecule has 0 fully saturated rings. The largest absolute Gasteiger partial charge is 0.497 e. The fourth-order valence-electron chi connectivity index (χ4n) is 2.64. The van der Waals surface area contributed by atoms with Crippen molar-refractivity contribution in [3.05, 3.63) is 70.7 Å². The summed E-state index contributed by atoms with van der Waals surface area (Å²) >= 11 is 1.43. The number of benzene rings is 2. The SMILES string of the molecule is COc1ccc(CC(=O)Nc2nnc(CC(C)c3ccccc3)s2)cc1. The summed E-state index contributed by atoms with van der Waals surface area (Å²) in [5.41, 5.74) is 2.19. The lowest BCUT2D eigenvalue weighted by Gasteiger charge is -2.08. The van der Waals surface area contributed by atoms with Gasteiger partial charge in [0.15, 0.2) is 0 Å². The topological polar surface area (TPSA) is 64.1 Å². The molecule has 26 heavy (non-hydrogen) atoms. The van der Waals surface area contributed by atoms with E-state index in [4.69, 9.17) is 4.74 Å². The molecule has 1 heterocycles. The predicted molar refractivity (Wildman–Crippen MR) is 104 cm³/mol. The van der Waals surface area contributed by atoms with Gasteiger partial charge in [-0.15, -0.1) is 10.2 Å². The van der Waals surface area contributed by atoms with Crippen molar-refractivity contribution in [2.75, 3.05) is 12.4 Å². The van der Waals surface area contributed by atoms with Crippen molar-refractivity contribution in [3.63, 3.8) is 0 Å². The minimum Gasteiger partial charge on any atom is -0.497 e. The standard InChI is InChI=1S/C20H21N3O2S/c1-14(16-6-4-3-5-7-16)12-19-22-23-20(26-19)21-18(24)13-15-8-10-17(25-2)11-9-15/h3-11,14H,12-13H2,1-2H3,(H,21,23,24). The molecular formula is C20H21N3O2S. The van der Waals surface area contributed by atoms with Crippen molar-refractivity contribution in [1.29, 1.82) is 0 Å². The summed E-state index contributed by atoms with van der Waals surface area (Å²) in [6.07, 6.45) is 1.09. The van der Waals surface area contributed by atoms with Gasteiger partial charge in [-0.1, -0.05) is 60.7 Å². The Labute approximate surface area is 157 Å². The summed E-state index contributed by atoms with van der Waals surface area (Å²) in [5, 5.41) is 12.6. The van der Waals surface area contributed by atoms with Crippen LogP contribution in [-0.4, -0.2) is 23.2 Å². The smallest absolute Gasteiger partial charge is 0.230 e. The summed E-state index contributed by atoms with van der Waals surface area (Å²) in [4.78, 5) is 12.2. The lowest BCUT2D eigenvalue weighted by atomic mass is 9.98. The monoisotopic (exact) mass is 367 g/mol. The molecule has 0 aliphatic rings. The first-order valence-electron chi connectivity index (χ1n) is 8.44. The van der Waals surface area contributed by atoms with Gasteiger partial charge < -0.3 is 10.1 Å². The highest BCUT2D eigenvalue weighted by Crippen LogP contribution is 2.24. The molecule has 3 aromatic rings. The Bertz CT molecular complexity index is 847. The van der Waals surface area contributed by atoms with E-state index in [1.165, 1.54) is 16.9 Å². The zero-order valence-electron chi connectivity index (χ0n) is 14.8. The van der Waals surface area contributed by atoms with Crippen LogP contribution in [0.2, 0.25) is 0 Å². The molecule has 1 amide bonds. The van der Waals surface area contributed by atoms with Crippen LogP contribution in [0.4, 0.5) is 5.13 Å². The number of anilines is 1. The van der Waals surface area contributed by atoms with Gasteiger partial charge in [0.1, 0.15) is 10.8 Å². The fourth-order valence-corrected chi connectivity index (χ4v) is 3.52. The zero-order chi connectivity index (χ0) is 18.4. The Morgan fingerprint density at radius 2 is 1.85 bits per heavy atom. The molecule has 6 heteroatoms. The van der Waals surface area contributed by atoms with Crippen molar-refractivity contribution in [2.24, 2.45) is 0 Å². The molecule has 134 valence electrons. The number of methoxy groups -OCH3 is 1. The van der Waals surface area contributed by atoms with Crippen LogP contribution in [0.1, 0.15) is 29.0 Å². The molecule has 0 spiro atoms. The van der Waals surface area contributed by atoms with Crippen LogP contribution in [0.3, 0.4) is 0 Å². The number of amides is 1. The minimum absolute atomic E-state index is 0.103. The molecule has 1 N–H and O–H groups in total. The van der Waals surface area contributed by atoms with E-state index in [1.54, 1.807) is 7.11 Å². The third-order valence-corrected chi connectivity index (χ3v) is 4.95. The molecule has 0 aliphatic heterocycles. The summed E-state index contributed by atoms with van der Waals surface area (Å²) in [7, 11) is 1.62. The summed E-state index contributed by atoms with van der Waals surface area (Å²) < 4.78 is 5.12. The average Bonchev–Trinajstić information content (AvgIpc) is 3.09. The second-order valence-corrected chi connectivity index (χ2v) is 7.15. The summed E-state index contributed by atoms with van der Waals surface area (Å²) in [6, 6.07) is 17.8. The van der Waals surface area contributed by atoms with Crippen LogP contribution in [0.15, 0.2) is 54.6 Å². The second-order valence-electron chi connectivity index (χ2n) is 6.09. The quantitative estimate of drug-likeness (QED) is 0.683. The van der Waals surface area contributed by atoms with Crippen LogP contribution in [0.5, 0.6) is 5.75 Å². The molecule has 5 nitrogen and oxygen atoms in total. The lowest BCUT2D eigenvalue weighted by Crippen LogP contribution is -2.14. The van der Waals surface area contributed by atoms with Crippen molar-refractivity contribution in [1.82, 2.24) is 10.2 Å². The highest BCUT2D eigenvalue weighted by molar-refractivity contribution is 7.15. The van der Waals surface area contributed by atoms with Crippen LogP contribution in [0, 0.1) is 0 Å². The van der Waals surface area contributed by atoms with Gasteiger partial charge >= 0.3 is 0 Å².